The average Bonchev–Trinajstić information content (AvgIpc) is 3.44. The predicted molar refractivity (Wildman–Crippen MR) is 158 cm³/mol. The maximum Gasteiger partial charge on any atom is 0.178 e. The van der Waals surface area contributed by atoms with E-state index in [2.05, 4.69) is 61.1 Å². The van der Waals surface area contributed by atoms with E-state index in [9.17, 15) is 4.39 Å². The van der Waals surface area contributed by atoms with Crippen molar-refractivity contribution in [3.05, 3.63) is 102 Å². The Kier molecular flexibility index (Phi) is 6.82. The molecule has 42 heavy (non-hydrogen) atoms. The Labute approximate surface area is 243 Å². The number of benzene rings is 2. The van der Waals surface area contributed by atoms with Crippen molar-refractivity contribution < 1.29 is 9.13 Å². The molecule has 0 bridgehead atoms. The Bertz CT molecular complexity index is 1770. The molecule has 8 nitrogen and oxygen atoms in total. The van der Waals surface area contributed by atoms with Crippen molar-refractivity contribution in [3.63, 3.8) is 0 Å². The van der Waals surface area contributed by atoms with Crippen LogP contribution < -0.4 is 10.1 Å². The number of fused-ring (bicyclic) bond motifs is 3. The number of ether oxygens (including phenoxy) is 1. The Hall–Kier alpha value is -5.07. The summed E-state index contributed by atoms with van der Waals surface area (Å²) >= 11 is 0. The SMILES string of the molecule is N#Cc1nc(NC2CCN(Cc3ccc(-c4nc5n(c4-c4ccccc4)COc4ccncc4-5)cc3)CC2)ccc1F. The molecule has 0 unspecified atom stereocenters. The number of hydrogen-bond donors (Lipinski definition) is 1. The van der Waals surface area contributed by atoms with Crippen molar-refractivity contribution in [1.82, 2.24) is 24.4 Å². The first-order chi connectivity index (χ1) is 20.7. The first kappa shape index (κ1) is 25.9. The highest BCUT2D eigenvalue weighted by Crippen LogP contribution is 2.41. The second-order valence-corrected chi connectivity index (χ2v) is 10.6. The van der Waals surface area contributed by atoms with Crippen LogP contribution in [0.4, 0.5) is 10.2 Å². The molecule has 1 fully saturated rings. The Balaban J connectivity index is 1.07. The molecule has 5 aromatic rings. The quantitative estimate of drug-likeness (QED) is 0.269. The van der Waals surface area contributed by atoms with Gasteiger partial charge in [0.05, 0.1) is 17.0 Å². The van der Waals surface area contributed by atoms with Crippen molar-refractivity contribution in [3.8, 4) is 45.7 Å². The van der Waals surface area contributed by atoms with Crippen molar-refractivity contribution in [2.75, 3.05) is 18.4 Å². The summed E-state index contributed by atoms with van der Waals surface area (Å²) in [6.07, 6.45) is 5.44. The minimum atomic E-state index is -0.593. The molecular formula is C33H28FN7O. The number of piperidine rings is 1. The molecule has 9 heteroatoms. The average molecular weight is 558 g/mol. The Morgan fingerprint density at radius 2 is 1.76 bits per heavy atom. The smallest absolute Gasteiger partial charge is 0.178 e. The number of pyridine rings is 2. The number of likely N-dealkylation sites (tertiary alicyclic amines) is 1. The maximum absolute atomic E-state index is 13.6. The summed E-state index contributed by atoms with van der Waals surface area (Å²) < 4.78 is 21.8. The predicted octanol–water partition coefficient (Wildman–Crippen LogP) is 6.11. The second kappa shape index (κ2) is 11.1. The van der Waals surface area contributed by atoms with Gasteiger partial charge >= 0.3 is 0 Å². The molecule has 2 aliphatic rings. The fourth-order valence-electron chi connectivity index (χ4n) is 5.76. The van der Waals surface area contributed by atoms with Crippen LogP contribution in [0.15, 0.2) is 85.2 Å². The molecular weight excluding hydrogens is 529 g/mol. The van der Waals surface area contributed by atoms with Crippen LogP contribution in [-0.4, -0.2) is 43.6 Å². The van der Waals surface area contributed by atoms with Crippen LogP contribution in [0.5, 0.6) is 5.75 Å². The second-order valence-electron chi connectivity index (χ2n) is 10.6. The number of nitrogens with one attached hydrogen (secondary N) is 1. The lowest BCUT2D eigenvalue weighted by Gasteiger charge is -2.32. The van der Waals surface area contributed by atoms with Gasteiger partial charge in [0.25, 0.3) is 0 Å². The number of anilines is 1. The van der Waals surface area contributed by atoms with Gasteiger partial charge in [-0.2, -0.15) is 5.26 Å². The number of imidazole rings is 1. The molecule has 1 saturated heterocycles. The molecule has 0 amide bonds. The van der Waals surface area contributed by atoms with E-state index in [1.54, 1.807) is 18.3 Å². The summed E-state index contributed by atoms with van der Waals surface area (Å²) in [4.78, 5) is 16.0. The van der Waals surface area contributed by atoms with E-state index in [1.165, 1.54) is 11.6 Å². The topological polar surface area (TPSA) is 91.9 Å². The van der Waals surface area contributed by atoms with E-state index < -0.39 is 5.82 Å². The monoisotopic (exact) mass is 557 g/mol. The fraction of sp³-hybridized carbons (Fsp3) is 0.212. The van der Waals surface area contributed by atoms with E-state index in [-0.39, 0.29) is 11.7 Å². The zero-order chi connectivity index (χ0) is 28.5. The van der Waals surface area contributed by atoms with Crippen LogP contribution >= 0.6 is 0 Å². The van der Waals surface area contributed by atoms with E-state index in [0.29, 0.717) is 12.5 Å². The lowest BCUT2D eigenvalue weighted by atomic mass is 10.0. The first-order valence-corrected chi connectivity index (χ1v) is 14.0. The molecule has 0 atom stereocenters. The van der Waals surface area contributed by atoms with E-state index in [4.69, 9.17) is 15.0 Å². The molecule has 0 spiro atoms. The van der Waals surface area contributed by atoms with Crippen molar-refractivity contribution in [2.24, 2.45) is 0 Å². The van der Waals surface area contributed by atoms with Gasteiger partial charge in [-0.15, -0.1) is 0 Å². The van der Waals surface area contributed by atoms with E-state index in [0.717, 1.165) is 72.1 Å². The van der Waals surface area contributed by atoms with Crippen molar-refractivity contribution in [1.29, 1.82) is 5.26 Å². The van der Waals surface area contributed by atoms with Gasteiger partial charge in [-0.1, -0.05) is 54.6 Å². The maximum atomic E-state index is 13.6. The highest BCUT2D eigenvalue weighted by Gasteiger charge is 2.27. The minimum Gasteiger partial charge on any atom is -0.472 e. The number of nitrogens with zero attached hydrogens (tertiary/aromatic N) is 6. The van der Waals surface area contributed by atoms with Gasteiger partial charge in [-0.3, -0.25) is 14.5 Å². The van der Waals surface area contributed by atoms with E-state index in [1.807, 2.05) is 30.5 Å². The molecule has 1 N–H and O–H groups in total. The van der Waals surface area contributed by atoms with Crippen LogP contribution in [0.3, 0.4) is 0 Å². The highest BCUT2D eigenvalue weighted by molar-refractivity contribution is 5.83. The summed E-state index contributed by atoms with van der Waals surface area (Å²) in [5.41, 5.74) is 6.04. The molecule has 0 aliphatic carbocycles. The van der Waals surface area contributed by atoms with Gasteiger partial charge in [0.1, 0.15) is 23.5 Å². The summed E-state index contributed by atoms with van der Waals surface area (Å²) in [7, 11) is 0. The number of rotatable bonds is 6. The largest absolute Gasteiger partial charge is 0.472 e. The van der Waals surface area contributed by atoms with Gasteiger partial charge in [0.15, 0.2) is 18.2 Å². The number of nitriles is 1. The normalized spacial score (nSPS) is 14.9. The van der Waals surface area contributed by atoms with Gasteiger partial charge in [0.2, 0.25) is 0 Å². The molecule has 2 aromatic carbocycles. The summed E-state index contributed by atoms with van der Waals surface area (Å²) in [6, 6.07) is 25.8. The van der Waals surface area contributed by atoms with Crippen LogP contribution in [-0.2, 0) is 13.3 Å². The van der Waals surface area contributed by atoms with Gasteiger partial charge in [-0.05, 0) is 36.6 Å². The van der Waals surface area contributed by atoms with Gasteiger partial charge in [-0.25, -0.2) is 14.4 Å². The van der Waals surface area contributed by atoms with Crippen LogP contribution in [0.25, 0.3) is 33.9 Å². The molecule has 0 saturated carbocycles. The minimum absolute atomic E-state index is 0.178. The molecule has 208 valence electrons. The number of hydrogen-bond acceptors (Lipinski definition) is 7. The molecule has 3 aromatic heterocycles. The van der Waals surface area contributed by atoms with Crippen LogP contribution in [0.2, 0.25) is 0 Å². The lowest BCUT2D eigenvalue weighted by Crippen LogP contribution is -2.38. The summed E-state index contributed by atoms with van der Waals surface area (Å²) in [6.45, 7) is 3.12. The third-order valence-electron chi connectivity index (χ3n) is 7.91. The lowest BCUT2D eigenvalue weighted by molar-refractivity contribution is 0.211. The van der Waals surface area contributed by atoms with Crippen LogP contribution in [0.1, 0.15) is 24.1 Å². The van der Waals surface area contributed by atoms with Crippen molar-refractivity contribution >= 4 is 5.82 Å². The first-order valence-electron chi connectivity index (χ1n) is 14.0. The standard InChI is InChI=1S/C33H28FN7O/c34-27-10-11-30(38-28(27)18-35)37-25-13-16-40(17-14-25)20-22-6-8-23(9-7-22)31-32(24-4-2-1-3-5-24)41-21-42-29-12-15-36-19-26(29)33(41)39-31/h1-12,15,19,25H,13-14,16-17,20-21H2,(H,37,38). The third-order valence-corrected chi connectivity index (χ3v) is 7.91. The molecule has 7 rings (SSSR count). The Morgan fingerprint density at radius 1 is 0.952 bits per heavy atom. The third kappa shape index (κ3) is 4.97. The van der Waals surface area contributed by atoms with Crippen molar-refractivity contribution in [2.45, 2.75) is 32.2 Å². The van der Waals surface area contributed by atoms with E-state index >= 15 is 0 Å². The fourth-order valence-corrected chi connectivity index (χ4v) is 5.76. The zero-order valence-electron chi connectivity index (χ0n) is 22.9. The molecule has 0 radical (unpaired) electrons. The van der Waals surface area contributed by atoms with Gasteiger partial charge in [0, 0.05) is 49.2 Å². The Morgan fingerprint density at radius 3 is 2.55 bits per heavy atom. The summed E-state index contributed by atoms with van der Waals surface area (Å²) in [5, 5.41) is 12.4. The molecule has 2 aliphatic heterocycles. The molecule has 5 heterocycles. The summed E-state index contributed by atoms with van der Waals surface area (Å²) in [5.74, 6) is 1.61. The number of aromatic nitrogens is 4. The number of halogens is 1. The highest BCUT2D eigenvalue weighted by atomic mass is 19.1. The van der Waals surface area contributed by atoms with Crippen LogP contribution in [0, 0.1) is 17.1 Å². The van der Waals surface area contributed by atoms with Gasteiger partial charge < -0.3 is 10.1 Å². The zero-order valence-corrected chi connectivity index (χ0v) is 22.9.